The van der Waals surface area contributed by atoms with Crippen molar-refractivity contribution in [3.05, 3.63) is 71.3 Å². The van der Waals surface area contributed by atoms with E-state index in [1.807, 2.05) is 30.3 Å². The van der Waals surface area contributed by atoms with E-state index in [1.165, 1.54) is 7.11 Å². The maximum Gasteiger partial charge on any atom is 0.328 e. The van der Waals surface area contributed by atoms with Crippen LogP contribution in [-0.4, -0.2) is 25.0 Å². The molecule has 2 aromatic carbocycles. The van der Waals surface area contributed by atoms with Gasteiger partial charge in [0.1, 0.15) is 6.04 Å². The fourth-order valence-corrected chi connectivity index (χ4v) is 2.43. The summed E-state index contributed by atoms with van der Waals surface area (Å²) in [4.78, 5) is 24.0. The van der Waals surface area contributed by atoms with Crippen molar-refractivity contribution in [3.63, 3.8) is 0 Å². The summed E-state index contributed by atoms with van der Waals surface area (Å²) in [6, 6.07) is 11.7. The van der Waals surface area contributed by atoms with E-state index in [0.717, 1.165) is 30.2 Å². The highest BCUT2D eigenvalue weighted by molar-refractivity contribution is 5.96. The molecule has 4 nitrogen and oxygen atoms in total. The molecule has 2 rings (SSSR count). The van der Waals surface area contributed by atoms with E-state index in [-0.39, 0.29) is 5.56 Å². The van der Waals surface area contributed by atoms with Crippen LogP contribution < -0.4 is 5.32 Å². The van der Waals surface area contributed by atoms with Crippen LogP contribution >= 0.6 is 0 Å². The third-order valence-corrected chi connectivity index (χ3v) is 3.77. The van der Waals surface area contributed by atoms with Gasteiger partial charge in [0, 0.05) is 5.56 Å². The van der Waals surface area contributed by atoms with Crippen LogP contribution in [0, 0.1) is 11.6 Å². The number of carbonyl (C=O) groups excluding carboxylic acids is 2. The highest BCUT2D eigenvalue weighted by Crippen LogP contribution is 2.11. The van der Waals surface area contributed by atoms with Crippen LogP contribution in [0.25, 0.3) is 0 Å². The lowest BCUT2D eigenvalue weighted by Crippen LogP contribution is -2.41. The Morgan fingerprint density at radius 3 is 2.44 bits per heavy atom. The van der Waals surface area contributed by atoms with E-state index in [0.29, 0.717) is 12.8 Å². The maximum absolute atomic E-state index is 13.2. The van der Waals surface area contributed by atoms with E-state index in [9.17, 15) is 18.4 Å². The Hall–Kier alpha value is -2.76. The Morgan fingerprint density at radius 2 is 1.80 bits per heavy atom. The zero-order chi connectivity index (χ0) is 18.2. The van der Waals surface area contributed by atoms with E-state index in [4.69, 9.17) is 4.74 Å². The van der Waals surface area contributed by atoms with E-state index in [2.05, 4.69) is 5.32 Å². The van der Waals surface area contributed by atoms with Gasteiger partial charge in [-0.15, -0.1) is 0 Å². The molecule has 25 heavy (non-hydrogen) atoms. The number of halogens is 2. The van der Waals surface area contributed by atoms with Crippen molar-refractivity contribution in [2.75, 3.05) is 7.11 Å². The van der Waals surface area contributed by atoms with Crippen molar-refractivity contribution in [2.24, 2.45) is 0 Å². The smallest absolute Gasteiger partial charge is 0.328 e. The lowest BCUT2D eigenvalue weighted by Gasteiger charge is -2.16. The molecule has 0 heterocycles. The van der Waals surface area contributed by atoms with Gasteiger partial charge in [0.2, 0.25) is 0 Å². The lowest BCUT2D eigenvalue weighted by atomic mass is 10.0. The Kier molecular flexibility index (Phi) is 6.62. The molecule has 0 unspecified atom stereocenters. The zero-order valence-corrected chi connectivity index (χ0v) is 13.8. The van der Waals surface area contributed by atoms with Crippen molar-refractivity contribution in [3.8, 4) is 0 Å². The van der Waals surface area contributed by atoms with Crippen molar-refractivity contribution in [1.29, 1.82) is 0 Å². The first-order valence-corrected chi connectivity index (χ1v) is 7.89. The number of benzene rings is 2. The summed E-state index contributed by atoms with van der Waals surface area (Å²) in [5.74, 6) is -3.40. The number of aryl methyl sites for hydroxylation is 1. The number of rotatable bonds is 7. The molecule has 0 saturated heterocycles. The highest BCUT2D eigenvalue weighted by atomic mass is 19.2. The minimum Gasteiger partial charge on any atom is -0.467 e. The summed E-state index contributed by atoms with van der Waals surface area (Å²) in [6.45, 7) is 0. The van der Waals surface area contributed by atoms with Crippen LogP contribution in [0.4, 0.5) is 8.78 Å². The van der Waals surface area contributed by atoms with Gasteiger partial charge in [0.25, 0.3) is 5.91 Å². The number of ether oxygens (including phenoxy) is 1. The first-order valence-electron chi connectivity index (χ1n) is 7.89. The average Bonchev–Trinajstić information content (AvgIpc) is 2.63. The number of amides is 1. The second kappa shape index (κ2) is 8.92. The van der Waals surface area contributed by atoms with Gasteiger partial charge in [-0.1, -0.05) is 30.3 Å². The summed E-state index contributed by atoms with van der Waals surface area (Å²) < 4.78 is 30.9. The third-order valence-electron chi connectivity index (χ3n) is 3.77. The van der Waals surface area contributed by atoms with Crippen molar-refractivity contribution < 1.29 is 23.1 Å². The fourth-order valence-electron chi connectivity index (χ4n) is 2.43. The largest absolute Gasteiger partial charge is 0.467 e. The molecule has 132 valence electrons. The second-order valence-electron chi connectivity index (χ2n) is 5.56. The molecule has 2 aromatic rings. The van der Waals surface area contributed by atoms with E-state index < -0.39 is 29.6 Å². The summed E-state index contributed by atoms with van der Waals surface area (Å²) in [5, 5.41) is 2.51. The number of hydrogen-bond donors (Lipinski definition) is 1. The van der Waals surface area contributed by atoms with Gasteiger partial charge in [0.05, 0.1) is 7.11 Å². The highest BCUT2D eigenvalue weighted by Gasteiger charge is 2.22. The van der Waals surface area contributed by atoms with Crippen molar-refractivity contribution in [2.45, 2.75) is 25.3 Å². The van der Waals surface area contributed by atoms with Gasteiger partial charge in [-0.2, -0.15) is 0 Å². The topological polar surface area (TPSA) is 55.4 Å². The van der Waals surface area contributed by atoms with Gasteiger partial charge in [-0.05, 0) is 43.0 Å². The summed E-state index contributed by atoms with van der Waals surface area (Å²) in [7, 11) is 1.23. The quantitative estimate of drug-likeness (QED) is 0.782. The van der Waals surface area contributed by atoms with Gasteiger partial charge >= 0.3 is 5.97 Å². The molecule has 6 heteroatoms. The molecule has 0 aliphatic rings. The number of methoxy groups -OCH3 is 1. The Labute approximate surface area is 144 Å². The number of carbonyl (C=O) groups is 2. The molecule has 0 aliphatic heterocycles. The van der Waals surface area contributed by atoms with Crippen LogP contribution in [0.15, 0.2) is 48.5 Å². The average molecular weight is 347 g/mol. The molecule has 1 atom stereocenters. The van der Waals surface area contributed by atoms with Crippen molar-refractivity contribution in [1.82, 2.24) is 5.32 Å². The van der Waals surface area contributed by atoms with Gasteiger partial charge in [0.15, 0.2) is 11.6 Å². The Morgan fingerprint density at radius 1 is 1.08 bits per heavy atom. The van der Waals surface area contributed by atoms with E-state index in [1.54, 1.807) is 0 Å². The Balaban J connectivity index is 1.98. The monoisotopic (exact) mass is 347 g/mol. The minimum absolute atomic E-state index is 0.0594. The predicted molar refractivity (Wildman–Crippen MR) is 89.0 cm³/mol. The molecule has 1 N–H and O–H groups in total. The van der Waals surface area contributed by atoms with E-state index >= 15 is 0 Å². The van der Waals surface area contributed by atoms with Crippen LogP contribution in [0.2, 0.25) is 0 Å². The van der Waals surface area contributed by atoms with Gasteiger partial charge in [-0.25, -0.2) is 13.6 Å². The normalized spacial score (nSPS) is 11.6. The molecular weight excluding hydrogens is 328 g/mol. The fraction of sp³-hybridized carbons (Fsp3) is 0.263. The van der Waals surface area contributed by atoms with Crippen molar-refractivity contribution >= 4 is 11.9 Å². The third kappa shape index (κ3) is 5.38. The summed E-state index contributed by atoms with van der Waals surface area (Å²) in [5.41, 5.74) is 1.06. The van der Waals surface area contributed by atoms with Crippen LogP contribution in [0.1, 0.15) is 28.8 Å². The number of esters is 1. The molecule has 0 saturated carbocycles. The first kappa shape index (κ1) is 18.6. The van der Waals surface area contributed by atoms with Gasteiger partial charge < -0.3 is 10.1 Å². The number of hydrogen-bond acceptors (Lipinski definition) is 3. The van der Waals surface area contributed by atoms with Gasteiger partial charge in [-0.3, -0.25) is 4.79 Å². The number of nitrogens with one attached hydrogen (secondary N) is 1. The maximum atomic E-state index is 13.2. The molecule has 0 fully saturated rings. The Bertz CT molecular complexity index is 735. The van der Waals surface area contributed by atoms with Crippen LogP contribution in [-0.2, 0) is 16.0 Å². The first-order chi connectivity index (χ1) is 12.0. The van der Waals surface area contributed by atoms with Crippen LogP contribution in [0.5, 0.6) is 0 Å². The van der Waals surface area contributed by atoms with Crippen LogP contribution in [0.3, 0.4) is 0 Å². The second-order valence-corrected chi connectivity index (χ2v) is 5.56. The molecule has 0 bridgehead atoms. The summed E-state index contributed by atoms with van der Waals surface area (Å²) in [6.07, 6.45) is 1.77. The molecular formula is C19H19F2NO3. The lowest BCUT2D eigenvalue weighted by molar-refractivity contribution is -0.143. The molecule has 0 aliphatic carbocycles. The minimum atomic E-state index is -1.12. The molecule has 1 amide bonds. The SMILES string of the molecule is COC(=O)[C@@H](CCCc1ccccc1)NC(=O)c1ccc(F)c(F)c1. The summed E-state index contributed by atoms with van der Waals surface area (Å²) >= 11 is 0. The standard InChI is InChI=1S/C19H19F2NO3/c1-25-19(24)17(9-5-8-13-6-3-2-4-7-13)22-18(23)14-10-11-15(20)16(21)12-14/h2-4,6-7,10-12,17H,5,8-9H2,1H3,(H,22,23)/t17-/m1/s1. The predicted octanol–water partition coefficient (Wildman–Crippen LogP) is 3.26. The zero-order valence-electron chi connectivity index (χ0n) is 13.8. The molecule has 0 radical (unpaired) electrons. The molecule has 0 spiro atoms. The molecule has 0 aromatic heterocycles.